The molecule has 0 saturated heterocycles. The second kappa shape index (κ2) is 5.99. The Hall–Kier alpha value is -1.66. The molecule has 3 N–H and O–H groups in total. The predicted molar refractivity (Wildman–Crippen MR) is 84.2 cm³/mol. The quantitative estimate of drug-likeness (QED) is 0.891. The Morgan fingerprint density at radius 2 is 2.19 bits per heavy atom. The molecule has 1 aromatic heterocycles. The average molecular weight is 310 g/mol. The number of carbonyl (C=O) groups excluding carboxylic acids is 1. The average Bonchev–Trinajstić information content (AvgIpc) is 2.73. The molecule has 0 aliphatic carbocycles. The lowest BCUT2D eigenvalue weighted by atomic mass is 10.1. The van der Waals surface area contributed by atoms with Crippen LogP contribution in [0.5, 0.6) is 0 Å². The minimum atomic E-state index is -0.442. The number of benzene rings is 1. The highest BCUT2D eigenvalue weighted by Gasteiger charge is 2.21. The number of hydrogen-bond acceptors (Lipinski definition) is 4. The molecule has 0 unspecified atom stereocenters. The van der Waals surface area contributed by atoms with Gasteiger partial charge in [0.15, 0.2) is 0 Å². The molecule has 0 atom stereocenters. The molecule has 0 radical (unpaired) electrons. The topological polar surface area (TPSA) is 64.3 Å². The zero-order valence-corrected chi connectivity index (χ0v) is 13.1. The SMILES string of the molecule is CCOC(C)(C)CNC(=O)c1sc2ccc(F)cc2c1N. The first kappa shape index (κ1) is 15.7. The molecule has 4 nitrogen and oxygen atoms in total. The van der Waals surface area contributed by atoms with Crippen LogP contribution < -0.4 is 11.1 Å². The zero-order chi connectivity index (χ0) is 15.6. The van der Waals surface area contributed by atoms with Crippen molar-refractivity contribution in [3.8, 4) is 0 Å². The lowest BCUT2D eigenvalue weighted by Crippen LogP contribution is -2.40. The molecule has 21 heavy (non-hydrogen) atoms. The van der Waals surface area contributed by atoms with Gasteiger partial charge in [-0.05, 0) is 39.0 Å². The van der Waals surface area contributed by atoms with Crippen LogP contribution in [-0.4, -0.2) is 24.7 Å². The Kier molecular flexibility index (Phi) is 4.49. The standard InChI is InChI=1S/C15H19FN2O2S/c1-4-20-15(2,3)8-18-14(19)13-12(17)10-7-9(16)5-6-11(10)21-13/h5-7H,4,8,17H2,1-3H3,(H,18,19). The first-order valence-electron chi connectivity index (χ1n) is 6.74. The molecule has 1 aromatic carbocycles. The number of fused-ring (bicyclic) bond motifs is 1. The number of amides is 1. The van der Waals surface area contributed by atoms with Crippen molar-refractivity contribution in [1.29, 1.82) is 0 Å². The van der Waals surface area contributed by atoms with Crippen LogP contribution in [0.2, 0.25) is 0 Å². The highest BCUT2D eigenvalue weighted by atomic mass is 32.1. The van der Waals surface area contributed by atoms with Gasteiger partial charge < -0.3 is 15.8 Å². The maximum atomic E-state index is 13.2. The van der Waals surface area contributed by atoms with E-state index in [1.54, 1.807) is 6.07 Å². The fourth-order valence-electron chi connectivity index (χ4n) is 2.07. The van der Waals surface area contributed by atoms with Crippen molar-refractivity contribution in [2.45, 2.75) is 26.4 Å². The van der Waals surface area contributed by atoms with E-state index in [0.29, 0.717) is 29.1 Å². The van der Waals surface area contributed by atoms with Crippen molar-refractivity contribution in [2.24, 2.45) is 0 Å². The van der Waals surface area contributed by atoms with E-state index in [9.17, 15) is 9.18 Å². The molecular weight excluding hydrogens is 291 g/mol. The monoisotopic (exact) mass is 310 g/mol. The molecule has 2 rings (SSSR count). The fourth-order valence-corrected chi connectivity index (χ4v) is 3.09. The van der Waals surface area contributed by atoms with Crippen LogP contribution in [-0.2, 0) is 4.74 Å². The molecule has 1 heterocycles. The van der Waals surface area contributed by atoms with Crippen molar-refractivity contribution < 1.29 is 13.9 Å². The van der Waals surface area contributed by atoms with Crippen LogP contribution in [0.3, 0.4) is 0 Å². The zero-order valence-electron chi connectivity index (χ0n) is 12.3. The highest BCUT2D eigenvalue weighted by molar-refractivity contribution is 7.21. The second-order valence-corrected chi connectivity index (χ2v) is 6.41. The number of rotatable bonds is 5. The van der Waals surface area contributed by atoms with E-state index in [4.69, 9.17) is 10.5 Å². The van der Waals surface area contributed by atoms with Crippen LogP contribution >= 0.6 is 11.3 Å². The van der Waals surface area contributed by atoms with E-state index in [1.165, 1.54) is 23.5 Å². The highest BCUT2D eigenvalue weighted by Crippen LogP contribution is 2.34. The molecule has 0 aliphatic heterocycles. The second-order valence-electron chi connectivity index (χ2n) is 5.36. The van der Waals surface area contributed by atoms with Gasteiger partial charge in [-0.3, -0.25) is 4.79 Å². The number of carbonyl (C=O) groups is 1. The van der Waals surface area contributed by atoms with Crippen LogP contribution in [0.4, 0.5) is 10.1 Å². The van der Waals surface area contributed by atoms with Crippen molar-refractivity contribution in [2.75, 3.05) is 18.9 Å². The summed E-state index contributed by atoms with van der Waals surface area (Å²) in [5, 5.41) is 3.39. The van der Waals surface area contributed by atoms with Crippen LogP contribution in [0.25, 0.3) is 10.1 Å². The van der Waals surface area contributed by atoms with E-state index in [0.717, 1.165) is 4.70 Å². The smallest absolute Gasteiger partial charge is 0.263 e. The van der Waals surface area contributed by atoms with E-state index < -0.39 is 5.60 Å². The van der Waals surface area contributed by atoms with Gasteiger partial charge in [0.1, 0.15) is 10.7 Å². The van der Waals surface area contributed by atoms with Gasteiger partial charge in [-0.2, -0.15) is 0 Å². The summed E-state index contributed by atoms with van der Waals surface area (Å²) in [7, 11) is 0. The molecular formula is C15H19FN2O2S. The molecule has 1 amide bonds. The molecule has 2 aromatic rings. The number of anilines is 1. The number of nitrogen functional groups attached to an aromatic ring is 1. The maximum Gasteiger partial charge on any atom is 0.263 e. The van der Waals surface area contributed by atoms with Crippen LogP contribution in [0.15, 0.2) is 18.2 Å². The molecule has 0 aliphatic rings. The predicted octanol–water partition coefficient (Wildman–Crippen LogP) is 3.17. The van der Waals surface area contributed by atoms with E-state index in [2.05, 4.69) is 5.32 Å². The maximum absolute atomic E-state index is 13.2. The summed E-state index contributed by atoms with van der Waals surface area (Å²) in [6, 6.07) is 4.34. The van der Waals surface area contributed by atoms with E-state index in [1.807, 2.05) is 20.8 Å². The third-order valence-electron chi connectivity index (χ3n) is 3.10. The van der Waals surface area contributed by atoms with Gasteiger partial charge in [-0.15, -0.1) is 11.3 Å². The van der Waals surface area contributed by atoms with Crippen LogP contribution in [0, 0.1) is 5.82 Å². The third kappa shape index (κ3) is 3.51. The van der Waals surface area contributed by atoms with E-state index >= 15 is 0 Å². The Labute approximate surface area is 127 Å². The summed E-state index contributed by atoms with van der Waals surface area (Å²) in [5.41, 5.74) is 5.84. The number of halogens is 1. The molecule has 0 fully saturated rings. The number of nitrogens with two attached hydrogens (primary N) is 1. The van der Waals surface area contributed by atoms with Crippen molar-refractivity contribution >= 4 is 33.0 Å². The van der Waals surface area contributed by atoms with Crippen molar-refractivity contribution in [3.63, 3.8) is 0 Å². The minimum Gasteiger partial charge on any atom is -0.397 e. The molecule has 114 valence electrons. The summed E-state index contributed by atoms with van der Waals surface area (Å²) < 4.78 is 19.6. The third-order valence-corrected chi connectivity index (χ3v) is 4.29. The van der Waals surface area contributed by atoms with Crippen LogP contribution in [0.1, 0.15) is 30.4 Å². The summed E-state index contributed by atoms with van der Waals surface area (Å²) in [6.07, 6.45) is 0. The Morgan fingerprint density at radius 3 is 2.86 bits per heavy atom. The molecule has 6 heteroatoms. The number of ether oxygens (including phenoxy) is 1. The molecule has 0 saturated carbocycles. The Balaban J connectivity index is 2.18. The van der Waals surface area contributed by atoms with Gasteiger partial charge in [0.25, 0.3) is 5.91 Å². The Bertz CT molecular complexity index is 667. The van der Waals surface area contributed by atoms with Gasteiger partial charge in [-0.25, -0.2) is 4.39 Å². The number of hydrogen-bond donors (Lipinski definition) is 2. The van der Waals surface area contributed by atoms with Gasteiger partial charge in [0, 0.05) is 23.2 Å². The van der Waals surface area contributed by atoms with Gasteiger partial charge >= 0.3 is 0 Å². The van der Waals surface area contributed by atoms with E-state index in [-0.39, 0.29) is 11.7 Å². The van der Waals surface area contributed by atoms with Crippen molar-refractivity contribution in [3.05, 3.63) is 28.9 Å². The van der Waals surface area contributed by atoms with Gasteiger partial charge in [0.2, 0.25) is 0 Å². The Morgan fingerprint density at radius 1 is 1.48 bits per heavy atom. The lowest BCUT2D eigenvalue weighted by molar-refractivity contribution is -0.00812. The first-order chi connectivity index (χ1) is 9.84. The number of nitrogens with one attached hydrogen (secondary N) is 1. The summed E-state index contributed by atoms with van der Waals surface area (Å²) >= 11 is 1.26. The summed E-state index contributed by atoms with van der Waals surface area (Å²) in [4.78, 5) is 12.6. The fraction of sp³-hybridized carbons (Fsp3) is 0.400. The minimum absolute atomic E-state index is 0.262. The normalized spacial score (nSPS) is 11.8. The van der Waals surface area contributed by atoms with Gasteiger partial charge in [0.05, 0.1) is 11.3 Å². The number of thiophene rings is 1. The van der Waals surface area contributed by atoms with Gasteiger partial charge in [-0.1, -0.05) is 0 Å². The molecule has 0 bridgehead atoms. The summed E-state index contributed by atoms with van der Waals surface area (Å²) in [6.45, 7) is 6.66. The largest absolute Gasteiger partial charge is 0.397 e. The lowest BCUT2D eigenvalue weighted by Gasteiger charge is -2.24. The summed E-state index contributed by atoms with van der Waals surface area (Å²) in [5.74, 6) is -0.627. The van der Waals surface area contributed by atoms with Crippen molar-refractivity contribution in [1.82, 2.24) is 5.32 Å². The first-order valence-corrected chi connectivity index (χ1v) is 7.55. The molecule has 0 spiro atoms.